The molecule has 1 aromatic heterocycles. The molecular formula is C21H27N3O3S. The highest BCUT2D eigenvalue weighted by atomic mass is 32.2. The number of nitrogens with zero attached hydrogens (tertiary/aromatic N) is 2. The van der Waals surface area contributed by atoms with Gasteiger partial charge in [-0.2, -0.15) is 4.98 Å². The van der Waals surface area contributed by atoms with Crippen LogP contribution >= 0.6 is 0 Å². The lowest BCUT2D eigenvalue weighted by Crippen LogP contribution is -2.14. The van der Waals surface area contributed by atoms with E-state index in [4.69, 9.17) is 9.47 Å². The average Bonchev–Trinajstić information content (AvgIpc) is 3.05. The van der Waals surface area contributed by atoms with Crippen LogP contribution in [0, 0.1) is 6.92 Å². The van der Waals surface area contributed by atoms with Gasteiger partial charge in [-0.3, -0.25) is 4.98 Å². The lowest BCUT2D eigenvalue weighted by atomic mass is 10.1. The van der Waals surface area contributed by atoms with Crippen LogP contribution in [-0.2, 0) is 16.9 Å². The van der Waals surface area contributed by atoms with Crippen molar-refractivity contribution in [1.82, 2.24) is 9.97 Å². The molecule has 0 aliphatic carbocycles. The smallest absolute Gasteiger partial charge is 0.321 e. The maximum atomic E-state index is 13.0. The summed E-state index contributed by atoms with van der Waals surface area (Å²) in [5, 5.41) is 0.456. The van der Waals surface area contributed by atoms with Crippen molar-refractivity contribution in [1.29, 1.82) is 0 Å². The summed E-state index contributed by atoms with van der Waals surface area (Å²) < 4.78 is 24.3. The van der Waals surface area contributed by atoms with Crippen LogP contribution in [0.25, 0.3) is 11.0 Å². The molecule has 0 amide bonds. The van der Waals surface area contributed by atoms with Crippen LogP contribution in [0.5, 0.6) is 11.5 Å². The molecule has 0 fully saturated rings. The minimum Gasteiger partial charge on any atom is -0.609 e. The molecule has 1 unspecified atom stereocenters. The van der Waals surface area contributed by atoms with Crippen LogP contribution in [0.1, 0.15) is 25.0 Å². The van der Waals surface area contributed by atoms with Gasteiger partial charge in [0.15, 0.2) is 11.5 Å². The Bertz CT molecular complexity index is 912. The first-order valence-electron chi connectivity index (χ1n) is 9.37. The monoisotopic (exact) mass is 401 g/mol. The number of hydrogen-bond donors (Lipinski definition) is 1. The van der Waals surface area contributed by atoms with Crippen molar-refractivity contribution >= 4 is 27.9 Å². The van der Waals surface area contributed by atoms with Gasteiger partial charge in [-0.05, 0) is 32.9 Å². The van der Waals surface area contributed by atoms with Crippen LogP contribution in [0.4, 0.5) is 5.69 Å². The Hall–Kier alpha value is -2.38. The summed E-state index contributed by atoms with van der Waals surface area (Å²) in [7, 11) is 3.98. The third kappa shape index (κ3) is 4.36. The van der Waals surface area contributed by atoms with E-state index in [9.17, 15) is 4.55 Å². The van der Waals surface area contributed by atoms with Crippen LogP contribution in [0.15, 0.2) is 35.5 Å². The van der Waals surface area contributed by atoms with Crippen molar-refractivity contribution in [3.8, 4) is 11.5 Å². The molecule has 6 nitrogen and oxygen atoms in total. The van der Waals surface area contributed by atoms with E-state index < -0.39 is 11.2 Å². The van der Waals surface area contributed by atoms with Gasteiger partial charge in [-0.15, -0.1) is 0 Å². The lowest BCUT2D eigenvalue weighted by Gasteiger charge is -2.18. The van der Waals surface area contributed by atoms with Crippen LogP contribution in [0.3, 0.4) is 0 Å². The second kappa shape index (κ2) is 8.75. The van der Waals surface area contributed by atoms with Crippen molar-refractivity contribution in [3.05, 3.63) is 41.5 Å². The molecule has 0 bridgehead atoms. The molecule has 0 aliphatic heterocycles. The number of hydrogen-bond acceptors (Lipinski definition) is 5. The number of benzene rings is 2. The maximum absolute atomic E-state index is 13.0. The Morgan fingerprint density at radius 2 is 1.75 bits per heavy atom. The van der Waals surface area contributed by atoms with E-state index in [1.165, 1.54) is 0 Å². The van der Waals surface area contributed by atoms with Gasteiger partial charge >= 0.3 is 5.16 Å². The number of aromatic nitrogens is 2. The van der Waals surface area contributed by atoms with Crippen molar-refractivity contribution in [2.45, 2.75) is 31.7 Å². The Kier molecular flexibility index (Phi) is 6.36. The van der Waals surface area contributed by atoms with E-state index in [0.717, 1.165) is 22.3 Å². The molecule has 0 saturated carbocycles. The number of ether oxygens (including phenoxy) is 2. The molecule has 0 saturated heterocycles. The minimum atomic E-state index is -1.30. The average molecular weight is 402 g/mol. The number of aryl methyl sites for hydroxylation is 1. The third-order valence-corrected chi connectivity index (χ3v) is 5.54. The highest BCUT2D eigenvalue weighted by molar-refractivity contribution is 7.90. The summed E-state index contributed by atoms with van der Waals surface area (Å²) >= 11 is -1.30. The lowest BCUT2D eigenvalue weighted by molar-refractivity contribution is 0.288. The van der Waals surface area contributed by atoms with Gasteiger partial charge in [-0.1, -0.05) is 11.6 Å². The third-order valence-electron chi connectivity index (χ3n) is 4.34. The summed E-state index contributed by atoms with van der Waals surface area (Å²) in [6, 6.07) is 9.89. The van der Waals surface area contributed by atoms with Crippen LogP contribution in [-0.4, -0.2) is 41.8 Å². The highest BCUT2D eigenvalue weighted by Gasteiger charge is 2.21. The fraction of sp³-hybridized carbons (Fsp3) is 0.381. The molecule has 3 aromatic rings. The Balaban J connectivity index is 1.92. The van der Waals surface area contributed by atoms with E-state index in [0.29, 0.717) is 41.1 Å². The van der Waals surface area contributed by atoms with E-state index in [-0.39, 0.29) is 0 Å². The summed E-state index contributed by atoms with van der Waals surface area (Å²) in [6.45, 7) is 6.97. The van der Waals surface area contributed by atoms with E-state index >= 15 is 0 Å². The predicted octanol–water partition coefficient (Wildman–Crippen LogP) is 4.04. The molecule has 3 rings (SSSR count). The van der Waals surface area contributed by atoms with Gasteiger partial charge in [0.25, 0.3) is 0 Å². The second-order valence-electron chi connectivity index (χ2n) is 6.74. The van der Waals surface area contributed by atoms with Crippen LogP contribution in [0.2, 0.25) is 0 Å². The highest BCUT2D eigenvalue weighted by Crippen LogP contribution is 2.33. The van der Waals surface area contributed by atoms with Crippen molar-refractivity contribution in [3.63, 3.8) is 0 Å². The summed E-state index contributed by atoms with van der Waals surface area (Å²) in [6.07, 6.45) is 0. The number of anilines is 1. The number of imidazole rings is 1. The number of fused-ring (bicyclic) bond motifs is 1. The Morgan fingerprint density at radius 3 is 2.39 bits per heavy atom. The summed E-state index contributed by atoms with van der Waals surface area (Å²) in [5.41, 5.74) is 4.74. The van der Waals surface area contributed by atoms with Gasteiger partial charge in [0.05, 0.1) is 24.2 Å². The van der Waals surface area contributed by atoms with E-state index in [1.54, 1.807) is 0 Å². The topological polar surface area (TPSA) is 73.4 Å². The molecule has 1 atom stereocenters. The second-order valence-corrected chi connectivity index (χ2v) is 8.11. The fourth-order valence-corrected chi connectivity index (χ4v) is 4.19. The first-order valence-corrected chi connectivity index (χ1v) is 10.7. The Labute approximate surface area is 169 Å². The van der Waals surface area contributed by atoms with Gasteiger partial charge in [0.1, 0.15) is 5.75 Å². The quantitative estimate of drug-likeness (QED) is 0.577. The molecule has 150 valence electrons. The number of rotatable bonds is 8. The van der Waals surface area contributed by atoms with Crippen molar-refractivity contribution < 1.29 is 14.0 Å². The van der Waals surface area contributed by atoms with Crippen molar-refractivity contribution in [2.75, 3.05) is 32.2 Å². The van der Waals surface area contributed by atoms with Gasteiger partial charge in [0, 0.05) is 48.7 Å². The zero-order valence-electron chi connectivity index (χ0n) is 17.0. The first-order chi connectivity index (χ1) is 13.4. The molecule has 0 radical (unpaired) electrons. The summed E-state index contributed by atoms with van der Waals surface area (Å²) in [5.74, 6) is 1.70. The van der Waals surface area contributed by atoms with Gasteiger partial charge in [0.2, 0.25) is 0 Å². The molecule has 1 heterocycles. The molecule has 1 N–H and O–H groups in total. The first kappa shape index (κ1) is 20.4. The van der Waals surface area contributed by atoms with E-state index in [1.807, 2.05) is 51.9 Å². The largest absolute Gasteiger partial charge is 0.609 e. The number of H-pyrrole nitrogens is 1. The molecule has 0 spiro atoms. The van der Waals surface area contributed by atoms with Crippen molar-refractivity contribution in [2.24, 2.45) is 0 Å². The predicted molar refractivity (Wildman–Crippen MR) is 114 cm³/mol. The molecule has 7 heteroatoms. The normalized spacial score (nSPS) is 12.2. The SMILES string of the molecule is CCOc1cc2nc([S+]([O-])Cc3cc(C)ccc3N(C)C)[nH]c2cc1OCC. The molecule has 28 heavy (non-hydrogen) atoms. The molecule has 2 aromatic carbocycles. The molecule has 0 aliphatic rings. The standard InChI is InChI=1S/C21H27N3O3S/c1-6-26-19-11-16-17(12-20(19)27-7-2)23-21(22-16)28(25)13-15-10-14(3)8-9-18(15)24(4)5/h8-12H,6-7,13H2,1-5H3,(H,22,23). The van der Waals surface area contributed by atoms with Crippen LogP contribution < -0.4 is 14.4 Å². The van der Waals surface area contributed by atoms with Gasteiger partial charge in [-0.25, -0.2) is 0 Å². The molecular weight excluding hydrogens is 374 g/mol. The zero-order valence-corrected chi connectivity index (χ0v) is 17.9. The Morgan fingerprint density at radius 1 is 1.07 bits per heavy atom. The number of aromatic amines is 1. The van der Waals surface area contributed by atoms with E-state index in [2.05, 4.69) is 28.2 Å². The van der Waals surface area contributed by atoms with Gasteiger partial charge < -0.3 is 18.9 Å². The summed E-state index contributed by atoms with van der Waals surface area (Å²) in [4.78, 5) is 9.77. The fourth-order valence-electron chi connectivity index (χ4n) is 3.11. The number of nitrogens with one attached hydrogen (secondary N) is 1. The zero-order chi connectivity index (χ0) is 20.3. The maximum Gasteiger partial charge on any atom is 0.321 e. The minimum absolute atomic E-state index is 0.394.